The molecule has 2 N–H and O–H groups in total. The molecule has 1 saturated heterocycles. The maximum atomic E-state index is 13.0. The number of piperidine rings is 1. The third kappa shape index (κ3) is 3.81. The Morgan fingerprint density at radius 3 is 2.75 bits per heavy atom. The standard InChI is InChI=1S/C23H29N3OS/c27-28(20-4-2-1-3-5-20)26-13-10-19-14-18(6-7-23(19)26)21-15-22(21)25-16-17-8-11-24-12-9-17/h1-7,14,17,21-22,24-25H,8-13,15-16H2. The molecular formula is C23H29N3OS. The van der Waals surface area contributed by atoms with E-state index >= 15 is 0 Å². The summed E-state index contributed by atoms with van der Waals surface area (Å²) in [5.41, 5.74) is 3.95. The first-order valence-electron chi connectivity index (χ1n) is 10.6. The molecule has 0 radical (unpaired) electrons. The second kappa shape index (κ2) is 8.07. The van der Waals surface area contributed by atoms with Gasteiger partial charge in [-0.25, -0.2) is 0 Å². The Balaban J connectivity index is 1.21. The molecule has 2 aliphatic heterocycles. The molecule has 5 heteroatoms. The van der Waals surface area contributed by atoms with Crippen LogP contribution < -0.4 is 14.9 Å². The molecule has 4 nitrogen and oxygen atoms in total. The van der Waals surface area contributed by atoms with Crippen molar-refractivity contribution in [2.75, 3.05) is 30.5 Å². The van der Waals surface area contributed by atoms with Gasteiger partial charge in [0.2, 0.25) is 0 Å². The topological polar surface area (TPSA) is 50.4 Å². The van der Waals surface area contributed by atoms with E-state index in [-0.39, 0.29) is 0 Å². The molecule has 3 unspecified atom stereocenters. The summed E-state index contributed by atoms with van der Waals surface area (Å²) in [6, 6.07) is 17.2. The highest BCUT2D eigenvalue weighted by molar-refractivity contribution is 7.92. The minimum absolute atomic E-state index is 0.642. The number of hydrogen-bond acceptors (Lipinski definition) is 4. The first-order valence-corrected chi connectivity index (χ1v) is 11.7. The highest BCUT2D eigenvalue weighted by Crippen LogP contribution is 2.43. The molecule has 2 fully saturated rings. The third-order valence-electron chi connectivity index (χ3n) is 6.45. The zero-order valence-corrected chi connectivity index (χ0v) is 17.1. The smallest absolute Gasteiger partial charge is 0.180 e. The molecule has 5 rings (SSSR count). The normalized spacial score (nSPS) is 25.5. The maximum absolute atomic E-state index is 13.0. The Morgan fingerprint density at radius 2 is 1.93 bits per heavy atom. The van der Waals surface area contributed by atoms with Gasteiger partial charge >= 0.3 is 0 Å². The number of hydrogen-bond donors (Lipinski definition) is 2. The molecule has 2 heterocycles. The van der Waals surface area contributed by atoms with Gasteiger partial charge in [-0.1, -0.05) is 30.3 Å². The van der Waals surface area contributed by atoms with E-state index in [0.717, 1.165) is 36.0 Å². The largest absolute Gasteiger partial charge is 0.588 e. The first kappa shape index (κ1) is 18.5. The fraction of sp³-hybridized carbons (Fsp3) is 0.478. The molecule has 0 spiro atoms. The number of nitrogens with one attached hydrogen (secondary N) is 2. The molecule has 2 aromatic carbocycles. The van der Waals surface area contributed by atoms with Gasteiger partial charge in [-0.3, -0.25) is 0 Å². The van der Waals surface area contributed by atoms with E-state index in [2.05, 4.69) is 28.8 Å². The van der Waals surface area contributed by atoms with E-state index in [0.29, 0.717) is 12.0 Å². The Bertz CT molecular complexity index is 809. The lowest BCUT2D eigenvalue weighted by Gasteiger charge is -2.23. The summed E-state index contributed by atoms with van der Waals surface area (Å²) in [5, 5.41) is 7.25. The molecule has 0 amide bonds. The predicted molar refractivity (Wildman–Crippen MR) is 115 cm³/mol. The molecule has 0 aromatic heterocycles. The van der Waals surface area contributed by atoms with Gasteiger partial charge in [-0.15, -0.1) is 0 Å². The van der Waals surface area contributed by atoms with Gasteiger partial charge in [0.05, 0.1) is 12.2 Å². The SMILES string of the molecule is [O-][S+](c1ccccc1)N1CCc2cc(C3CC3NCC3CCNCC3)ccc21. The molecule has 3 aliphatic rings. The number of benzene rings is 2. The summed E-state index contributed by atoms with van der Waals surface area (Å²) in [5.74, 6) is 1.49. The van der Waals surface area contributed by atoms with Crippen LogP contribution in [0, 0.1) is 5.92 Å². The van der Waals surface area contributed by atoms with Gasteiger partial charge in [0.1, 0.15) is 11.4 Å². The lowest BCUT2D eigenvalue weighted by atomic mass is 9.98. The van der Waals surface area contributed by atoms with Crippen LogP contribution in [-0.2, 0) is 17.8 Å². The van der Waals surface area contributed by atoms with Crippen LogP contribution in [-0.4, -0.2) is 36.8 Å². The first-order chi connectivity index (χ1) is 13.8. The number of nitrogens with zero attached hydrogens (tertiary/aromatic N) is 1. The van der Waals surface area contributed by atoms with E-state index in [1.807, 2.05) is 34.6 Å². The Kier molecular flexibility index (Phi) is 5.33. The lowest BCUT2D eigenvalue weighted by molar-refractivity contribution is 0.355. The van der Waals surface area contributed by atoms with Crippen LogP contribution >= 0.6 is 0 Å². The zero-order valence-electron chi connectivity index (χ0n) is 16.3. The van der Waals surface area contributed by atoms with E-state index in [9.17, 15) is 4.55 Å². The second-order valence-electron chi connectivity index (χ2n) is 8.35. The van der Waals surface area contributed by atoms with E-state index in [1.165, 1.54) is 43.5 Å². The summed E-state index contributed by atoms with van der Waals surface area (Å²) >= 11 is -1.12. The molecule has 1 aliphatic carbocycles. The maximum Gasteiger partial charge on any atom is 0.180 e. The summed E-state index contributed by atoms with van der Waals surface area (Å²) in [4.78, 5) is 0.879. The Morgan fingerprint density at radius 1 is 1.11 bits per heavy atom. The fourth-order valence-corrected chi connectivity index (χ4v) is 5.91. The quantitative estimate of drug-likeness (QED) is 0.738. The van der Waals surface area contributed by atoms with Gasteiger partial charge in [0, 0.05) is 12.0 Å². The van der Waals surface area contributed by atoms with Crippen LogP contribution in [0.4, 0.5) is 5.69 Å². The Hall–Kier alpha value is -1.53. The fourth-order valence-electron chi connectivity index (χ4n) is 4.65. The van der Waals surface area contributed by atoms with Crippen LogP contribution in [0.5, 0.6) is 0 Å². The van der Waals surface area contributed by atoms with Crippen LogP contribution in [0.2, 0.25) is 0 Å². The molecule has 148 valence electrons. The van der Waals surface area contributed by atoms with Gasteiger partial charge < -0.3 is 15.2 Å². The van der Waals surface area contributed by atoms with Crippen molar-refractivity contribution in [1.29, 1.82) is 0 Å². The number of fused-ring (bicyclic) bond motifs is 1. The summed E-state index contributed by atoms with van der Waals surface area (Å²) in [6.45, 7) is 4.35. The third-order valence-corrected chi connectivity index (χ3v) is 7.90. The van der Waals surface area contributed by atoms with Gasteiger partial charge in [0.25, 0.3) is 0 Å². The van der Waals surface area contributed by atoms with Crippen LogP contribution in [0.15, 0.2) is 53.4 Å². The number of rotatable bonds is 6. The van der Waals surface area contributed by atoms with Crippen molar-refractivity contribution in [3.8, 4) is 0 Å². The van der Waals surface area contributed by atoms with Crippen LogP contribution in [0.25, 0.3) is 0 Å². The summed E-state index contributed by atoms with van der Waals surface area (Å²) < 4.78 is 15.0. The minimum atomic E-state index is -1.12. The highest BCUT2D eigenvalue weighted by atomic mass is 32.2. The van der Waals surface area contributed by atoms with Crippen molar-refractivity contribution in [2.45, 2.75) is 42.5 Å². The molecule has 1 saturated carbocycles. The molecular weight excluding hydrogens is 366 g/mol. The Labute approximate surface area is 171 Å². The summed E-state index contributed by atoms with van der Waals surface area (Å²) in [6.07, 6.45) is 4.85. The zero-order chi connectivity index (χ0) is 18.9. The van der Waals surface area contributed by atoms with Crippen molar-refractivity contribution >= 4 is 17.0 Å². The predicted octanol–water partition coefficient (Wildman–Crippen LogP) is 3.22. The average molecular weight is 396 g/mol. The van der Waals surface area contributed by atoms with Gasteiger partial charge in [-0.05, 0) is 80.6 Å². The van der Waals surface area contributed by atoms with Crippen molar-refractivity contribution in [3.05, 3.63) is 59.7 Å². The van der Waals surface area contributed by atoms with Crippen LogP contribution in [0.3, 0.4) is 0 Å². The second-order valence-corrected chi connectivity index (χ2v) is 9.76. The van der Waals surface area contributed by atoms with Gasteiger partial charge in [0.15, 0.2) is 4.90 Å². The van der Waals surface area contributed by atoms with E-state index in [4.69, 9.17) is 0 Å². The molecule has 0 bridgehead atoms. The molecule has 3 atom stereocenters. The van der Waals surface area contributed by atoms with Gasteiger partial charge in [-0.2, -0.15) is 4.31 Å². The van der Waals surface area contributed by atoms with Crippen molar-refractivity contribution < 1.29 is 4.55 Å². The average Bonchev–Trinajstić information content (AvgIpc) is 3.42. The monoisotopic (exact) mass is 395 g/mol. The van der Waals surface area contributed by atoms with Crippen LogP contribution in [0.1, 0.15) is 36.3 Å². The highest BCUT2D eigenvalue weighted by Gasteiger charge is 2.39. The lowest BCUT2D eigenvalue weighted by Crippen LogP contribution is -2.34. The molecule has 2 aromatic rings. The molecule has 28 heavy (non-hydrogen) atoms. The minimum Gasteiger partial charge on any atom is -0.588 e. The van der Waals surface area contributed by atoms with E-state index in [1.54, 1.807) is 0 Å². The van der Waals surface area contributed by atoms with E-state index < -0.39 is 11.4 Å². The van der Waals surface area contributed by atoms with Crippen molar-refractivity contribution in [2.24, 2.45) is 5.92 Å². The van der Waals surface area contributed by atoms with Crippen molar-refractivity contribution in [3.63, 3.8) is 0 Å². The number of anilines is 1. The van der Waals surface area contributed by atoms with Crippen molar-refractivity contribution in [1.82, 2.24) is 10.6 Å². The summed E-state index contributed by atoms with van der Waals surface area (Å²) in [7, 11) is 0.